The van der Waals surface area contributed by atoms with Crippen molar-refractivity contribution < 1.29 is 8.42 Å². The molecule has 2 N–H and O–H groups in total. The molecule has 0 aromatic heterocycles. The van der Waals surface area contributed by atoms with E-state index in [0.29, 0.717) is 17.1 Å². The van der Waals surface area contributed by atoms with Gasteiger partial charge in [-0.25, -0.2) is 13.8 Å². The summed E-state index contributed by atoms with van der Waals surface area (Å²) in [5.74, 6) is 0. The molecule has 0 atom stereocenters. The highest BCUT2D eigenvalue weighted by molar-refractivity contribution is 7.90. The molecule has 0 bridgehead atoms. The van der Waals surface area contributed by atoms with Crippen molar-refractivity contribution in [1.82, 2.24) is 5.43 Å². The summed E-state index contributed by atoms with van der Waals surface area (Å²) >= 11 is 5.85. The highest BCUT2D eigenvalue weighted by atomic mass is 35.5. The third kappa shape index (κ3) is 3.96. The van der Waals surface area contributed by atoms with E-state index in [1.165, 1.54) is 12.3 Å². The van der Waals surface area contributed by atoms with Gasteiger partial charge in [0.1, 0.15) is 0 Å². The molecule has 2 rings (SSSR count). The van der Waals surface area contributed by atoms with E-state index in [1.54, 1.807) is 12.1 Å². The zero-order valence-corrected chi connectivity index (χ0v) is 12.5. The van der Waals surface area contributed by atoms with E-state index in [0.717, 1.165) is 5.69 Å². The zero-order chi connectivity index (χ0) is 14.6. The second kappa shape index (κ2) is 6.26. The Morgan fingerprint density at radius 1 is 1.10 bits per heavy atom. The predicted octanol–water partition coefficient (Wildman–Crippen LogP) is 2.86. The number of para-hydroxylation sites is 1. The predicted molar refractivity (Wildman–Crippen MR) is 81.5 cm³/mol. The maximum Gasteiger partial charge on any atom is 0.175 e. The van der Waals surface area contributed by atoms with Gasteiger partial charge in [0, 0.05) is 23.5 Å². The van der Waals surface area contributed by atoms with Gasteiger partial charge in [-0.05, 0) is 29.8 Å². The summed E-state index contributed by atoms with van der Waals surface area (Å²) in [7, 11) is -3.30. The van der Waals surface area contributed by atoms with Crippen molar-refractivity contribution in [3.05, 3.63) is 59.1 Å². The van der Waals surface area contributed by atoms with E-state index >= 15 is 0 Å². The molecule has 2 aromatic rings. The number of sulfone groups is 1. The number of benzene rings is 2. The number of hydrogen-bond acceptors (Lipinski definition) is 4. The first-order valence-electron chi connectivity index (χ1n) is 5.99. The number of rotatable bonds is 5. The van der Waals surface area contributed by atoms with Gasteiger partial charge in [0.05, 0.1) is 4.90 Å². The summed E-state index contributed by atoms with van der Waals surface area (Å²) in [5, 5.41) is 0.408. The first-order valence-corrected chi connectivity index (χ1v) is 8.26. The van der Waals surface area contributed by atoms with Crippen molar-refractivity contribution in [2.24, 2.45) is 0 Å². The van der Waals surface area contributed by atoms with Crippen molar-refractivity contribution in [1.29, 1.82) is 0 Å². The minimum absolute atomic E-state index is 0.243. The molecule has 0 spiro atoms. The van der Waals surface area contributed by atoms with Gasteiger partial charge in [-0.2, -0.15) is 0 Å². The summed E-state index contributed by atoms with van der Waals surface area (Å²) < 4.78 is 23.5. The van der Waals surface area contributed by atoms with Crippen molar-refractivity contribution in [3.8, 4) is 0 Å². The van der Waals surface area contributed by atoms with E-state index in [-0.39, 0.29) is 4.90 Å². The molecule has 0 fully saturated rings. The molecular formula is C14H15ClN2O2S. The summed E-state index contributed by atoms with van der Waals surface area (Å²) in [6, 6.07) is 14.4. The van der Waals surface area contributed by atoms with Crippen LogP contribution in [-0.4, -0.2) is 14.7 Å². The third-order valence-corrected chi connectivity index (χ3v) is 4.13. The fourth-order valence-corrected chi connectivity index (χ4v) is 2.98. The largest absolute Gasteiger partial charge is 0.321 e. The van der Waals surface area contributed by atoms with Gasteiger partial charge in [-0.15, -0.1) is 0 Å². The average molecular weight is 311 g/mol. The van der Waals surface area contributed by atoms with Crippen molar-refractivity contribution >= 4 is 27.1 Å². The van der Waals surface area contributed by atoms with Crippen LogP contribution < -0.4 is 10.9 Å². The number of nitrogens with one attached hydrogen (secondary N) is 2. The van der Waals surface area contributed by atoms with E-state index in [1.807, 2.05) is 30.3 Å². The summed E-state index contributed by atoms with van der Waals surface area (Å²) in [5.41, 5.74) is 7.57. The minimum atomic E-state index is -3.30. The third-order valence-electron chi connectivity index (χ3n) is 2.71. The lowest BCUT2D eigenvalue weighted by atomic mass is 10.2. The lowest BCUT2D eigenvalue weighted by Crippen LogP contribution is -2.22. The van der Waals surface area contributed by atoms with Crippen molar-refractivity contribution in [2.75, 3.05) is 11.7 Å². The molecule has 2 aromatic carbocycles. The Balaban J connectivity index is 2.10. The highest BCUT2D eigenvalue weighted by Crippen LogP contribution is 2.20. The highest BCUT2D eigenvalue weighted by Gasteiger charge is 2.13. The molecule has 20 heavy (non-hydrogen) atoms. The number of halogens is 1. The number of hydrazine groups is 1. The Hall–Kier alpha value is -1.56. The van der Waals surface area contributed by atoms with Gasteiger partial charge >= 0.3 is 0 Å². The van der Waals surface area contributed by atoms with Gasteiger partial charge in [-0.3, -0.25) is 0 Å². The zero-order valence-electron chi connectivity index (χ0n) is 10.9. The fraction of sp³-hybridized carbons (Fsp3) is 0.143. The maximum atomic E-state index is 11.7. The first-order chi connectivity index (χ1) is 9.47. The van der Waals surface area contributed by atoms with Gasteiger partial charge < -0.3 is 5.43 Å². The van der Waals surface area contributed by atoms with Crippen molar-refractivity contribution in [2.45, 2.75) is 11.4 Å². The Morgan fingerprint density at radius 3 is 2.45 bits per heavy atom. The quantitative estimate of drug-likeness (QED) is 0.834. The van der Waals surface area contributed by atoms with Crippen LogP contribution in [0.15, 0.2) is 53.4 Å². The lowest BCUT2D eigenvalue weighted by molar-refractivity contribution is 0.600. The van der Waals surface area contributed by atoms with Gasteiger partial charge in [0.25, 0.3) is 0 Å². The second-order valence-corrected chi connectivity index (χ2v) is 6.79. The van der Waals surface area contributed by atoms with Crippen LogP contribution in [0.5, 0.6) is 0 Å². The second-order valence-electron chi connectivity index (χ2n) is 4.37. The summed E-state index contributed by atoms with van der Waals surface area (Å²) in [6.07, 6.45) is 1.17. The van der Waals surface area contributed by atoms with Crippen LogP contribution in [0.4, 0.5) is 5.69 Å². The Kier molecular flexibility index (Phi) is 4.65. The molecule has 0 aliphatic carbocycles. The Labute approximate surface area is 123 Å². The molecule has 0 saturated heterocycles. The van der Waals surface area contributed by atoms with Crippen LogP contribution in [-0.2, 0) is 16.4 Å². The molecule has 4 nitrogen and oxygen atoms in total. The molecule has 0 aliphatic rings. The van der Waals surface area contributed by atoms with Gasteiger partial charge in [-0.1, -0.05) is 35.9 Å². The normalized spacial score (nSPS) is 11.3. The first kappa shape index (κ1) is 14.8. The molecule has 0 saturated carbocycles. The summed E-state index contributed by atoms with van der Waals surface area (Å²) in [6.45, 7) is 0.370. The molecule has 0 heterocycles. The van der Waals surface area contributed by atoms with E-state index in [2.05, 4.69) is 10.9 Å². The molecule has 0 radical (unpaired) electrons. The fourth-order valence-electron chi connectivity index (χ4n) is 1.78. The van der Waals surface area contributed by atoms with Gasteiger partial charge in [0.2, 0.25) is 0 Å². The lowest BCUT2D eigenvalue weighted by Gasteiger charge is -2.11. The minimum Gasteiger partial charge on any atom is -0.321 e. The van der Waals surface area contributed by atoms with E-state index in [4.69, 9.17) is 11.6 Å². The Morgan fingerprint density at radius 2 is 1.80 bits per heavy atom. The standard InChI is InChI=1S/C14H15ClN2O2S/c1-20(18,19)14-9-12(15)8-7-11(14)10-16-17-13-5-3-2-4-6-13/h2-9,16-17H,10H2,1H3. The van der Waals surface area contributed by atoms with Crippen LogP contribution in [0.25, 0.3) is 0 Å². The summed E-state index contributed by atoms with van der Waals surface area (Å²) in [4.78, 5) is 0.243. The Bertz CT molecular complexity index is 688. The van der Waals surface area contributed by atoms with Crippen LogP contribution in [0.2, 0.25) is 5.02 Å². The average Bonchev–Trinajstić information content (AvgIpc) is 2.40. The topological polar surface area (TPSA) is 58.2 Å². The molecule has 0 aliphatic heterocycles. The number of hydrogen-bond donors (Lipinski definition) is 2. The molecule has 0 amide bonds. The van der Waals surface area contributed by atoms with Crippen LogP contribution in [0, 0.1) is 0 Å². The molecule has 106 valence electrons. The van der Waals surface area contributed by atoms with E-state index < -0.39 is 9.84 Å². The molecule has 6 heteroatoms. The van der Waals surface area contributed by atoms with Gasteiger partial charge in [0.15, 0.2) is 9.84 Å². The van der Waals surface area contributed by atoms with Crippen LogP contribution in [0.1, 0.15) is 5.56 Å². The maximum absolute atomic E-state index is 11.7. The molecule has 0 unspecified atom stereocenters. The molecular weight excluding hydrogens is 296 g/mol. The van der Waals surface area contributed by atoms with E-state index in [9.17, 15) is 8.42 Å². The van der Waals surface area contributed by atoms with Crippen LogP contribution >= 0.6 is 11.6 Å². The number of anilines is 1. The monoisotopic (exact) mass is 310 g/mol. The SMILES string of the molecule is CS(=O)(=O)c1cc(Cl)ccc1CNNc1ccccc1. The van der Waals surface area contributed by atoms with Crippen LogP contribution in [0.3, 0.4) is 0 Å². The smallest absolute Gasteiger partial charge is 0.175 e. The van der Waals surface area contributed by atoms with Crippen molar-refractivity contribution in [3.63, 3.8) is 0 Å².